The third-order valence-electron chi connectivity index (χ3n) is 2.57. The van der Waals surface area contributed by atoms with Gasteiger partial charge in [-0.3, -0.25) is 4.79 Å². The van der Waals surface area contributed by atoms with Gasteiger partial charge in [-0.1, -0.05) is 19.1 Å². The first-order valence-electron chi connectivity index (χ1n) is 4.39. The van der Waals surface area contributed by atoms with Crippen LogP contribution in [0.1, 0.15) is 33.1 Å². The lowest BCUT2D eigenvalue weighted by molar-refractivity contribution is -0.121. The monoisotopic (exact) mass is 152 g/mol. The zero-order valence-electron chi connectivity index (χ0n) is 7.34. The van der Waals surface area contributed by atoms with Crippen molar-refractivity contribution in [2.75, 3.05) is 0 Å². The molecule has 1 nitrogen and oxygen atoms in total. The molecule has 2 atom stereocenters. The summed E-state index contributed by atoms with van der Waals surface area (Å²) >= 11 is 0. The Morgan fingerprint density at radius 1 is 1.64 bits per heavy atom. The van der Waals surface area contributed by atoms with Crippen molar-refractivity contribution in [3.63, 3.8) is 0 Å². The van der Waals surface area contributed by atoms with Gasteiger partial charge in [0.25, 0.3) is 0 Å². The van der Waals surface area contributed by atoms with Gasteiger partial charge in [0.05, 0.1) is 0 Å². The Labute approximate surface area is 68.5 Å². The van der Waals surface area contributed by atoms with E-state index in [9.17, 15) is 4.79 Å². The quantitative estimate of drug-likeness (QED) is 0.556. The summed E-state index contributed by atoms with van der Waals surface area (Å²) in [6.45, 7) is 4.18. The first-order valence-corrected chi connectivity index (χ1v) is 4.39. The third kappa shape index (κ3) is 1.92. The Morgan fingerprint density at radius 3 is 2.82 bits per heavy atom. The summed E-state index contributed by atoms with van der Waals surface area (Å²) < 4.78 is 0. The molecule has 1 aliphatic carbocycles. The van der Waals surface area contributed by atoms with E-state index >= 15 is 0 Å². The summed E-state index contributed by atoms with van der Waals surface area (Å²) in [5.74, 6) is 1.40. The lowest BCUT2D eigenvalue weighted by Gasteiger charge is -2.09. The number of carbonyl (C=O) groups excluding carboxylic acids is 1. The van der Waals surface area contributed by atoms with E-state index in [1.165, 1.54) is 0 Å². The molecule has 1 fully saturated rings. The Hall–Kier alpha value is -0.590. The number of rotatable bonds is 2. The van der Waals surface area contributed by atoms with E-state index in [0.29, 0.717) is 17.6 Å². The SMILES string of the molecule is C/C=C/CC1C(=O)CCC1C. The van der Waals surface area contributed by atoms with E-state index in [0.717, 1.165) is 19.3 Å². The Kier molecular flexibility index (Phi) is 2.86. The van der Waals surface area contributed by atoms with Gasteiger partial charge in [-0.05, 0) is 25.7 Å². The van der Waals surface area contributed by atoms with Crippen LogP contribution in [0.2, 0.25) is 0 Å². The molecule has 2 unspecified atom stereocenters. The van der Waals surface area contributed by atoms with Gasteiger partial charge in [-0.2, -0.15) is 0 Å². The van der Waals surface area contributed by atoms with Gasteiger partial charge >= 0.3 is 0 Å². The van der Waals surface area contributed by atoms with E-state index < -0.39 is 0 Å². The lowest BCUT2D eigenvalue weighted by Crippen LogP contribution is -2.10. The summed E-state index contributed by atoms with van der Waals surface area (Å²) in [6.07, 6.45) is 6.99. The number of carbonyl (C=O) groups is 1. The molecule has 0 aromatic carbocycles. The van der Waals surface area contributed by atoms with Crippen molar-refractivity contribution in [3.05, 3.63) is 12.2 Å². The van der Waals surface area contributed by atoms with E-state index in [-0.39, 0.29) is 0 Å². The van der Waals surface area contributed by atoms with Crippen LogP contribution in [-0.4, -0.2) is 5.78 Å². The first-order chi connectivity index (χ1) is 5.25. The molecule has 11 heavy (non-hydrogen) atoms. The molecule has 0 spiro atoms. The number of Topliss-reactive ketones (excluding diaryl/α,β-unsaturated/α-hetero) is 1. The van der Waals surface area contributed by atoms with Crippen molar-refractivity contribution < 1.29 is 4.79 Å². The van der Waals surface area contributed by atoms with Crippen LogP contribution >= 0.6 is 0 Å². The molecule has 0 saturated heterocycles. The van der Waals surface area contributed by atoms with Gasteiger partial charge in [0.15, 0.2) is 0 Å². The average molecular weight is 152 g/mol. The van der Waals surface area contributed by atoms with Crippen LogP contribution in [0.4, 0.5) is 0 Å². The maximum atomic E-state index is 11.3. The highest BCUT2D eigenvalue weighted by Crippen LogP contribution is 2.30. The zero-order valence-corrected chi connectivity index (χ0v) is 7.34. The third-order valence-corrected chi connectivity index (χ3v) is 2.57. The highest BCUT2D eigenvalue weighted by molar-refractivity contribution is 5.83. The van der Waals surface area contributed by atoms with Gasteiger partial charge in [0, 0.05) is 12.3 Å². The van der Waals surface area contributed by atoms with Crippen molar-refractivity contribution in [2.45, 2.75) is 33.1 Å². The predicted octanol–water partition coefficient (Wildman–Crippen LogP) is 2.57. The number of allylic oxidation sites excluding steroid dienone is 2. The van der Waals surface area contributed by atoms with Crippen molar-refractivity contribution in [3.8, 4) is 0 Å². The van der Waals surface area contributed by atoms with Gasteiger partial charge < -0.3 is 0 Å². The van der Waals surface area contributed by atoms with Crippen LogP contribution in [0.3, 0.4) is 0 Å². The molecule has 1 rings (SSSR count). The molecule has 0 aromatic heterocycles. The number of hydrogen-bond donors (Lipinski definition) is 0. The summed E-state index contributed by atoms with van der Waals surface area (Å²) in [5, 5.41) is 0. The summed E-state index contributed by atoms with van der Waals surface area (Å²) in [5.41, 5.74) is 0. The van der Waals surface area contributed by atoms with E-state index in [1.807, 2.05) is 13.0 Å². The maximum Gasteiger partial charge on any atom is 0.136 e. The van der Waals surface area contributed by atoms with Crippen LogP contribution in [0.15, 0.2) is 12.2 Å². The normalized spacial score (nSPS) is 32.0. The van der Waals surface area contributed by atoms with Crippen molar-refractivity contribution in [1.82, 2.24) is 0 Å². The van der Waals surface area contributed by atoms with Crippen LogP contribution < -0.4 is 0 Å². The molecule has 0 N–H and O–H groups in total. The molecular weight excluding hydrogens is 136 g/mol. The standard InChI is InChI=1S/C10H16O/c1-3-4-5-9-8(2)6-7-10(9)11/h3-4,8-9H,5-7H2,1-2H3/b4-3+. The average Bonchev–Trinajstić information content (AvgIpc) is 2.29. The zero-order chi connectivity index (χ0) is 8.27. The molecule has 0 aromatic rings. The Morgan fingerprint density at radius 2 is 2.36 bits per heavy atom. The molecular formula is C10H16O. The molecule has 0 radical (unpaired) electrons. The van der Waals surface area contributed by atoms with Gasteiger partial charge in [0.1, 0.15) is 5.78 Å². The summed E-state index contributed by atoms with van der Waals surface area (Å²) in [7, 11) is 0. The second kappa shape index (κ2) is 3.70. The van der Waals surface area contributed by atoms with Crippen LogP contribution in [0.5, 0.6) is 0 Å². The van der Waals surface area contributed by atoms with Crippen LogP contribution in [-0.2, 0) is 4.79 Å². The largest absolute Gasteiger partial charge is 0.299 e. The van der Waals surface area contributed by atoms with Crippen molar-refractivity contribution in [1.29, 1.82) is 0 Å². The van der Waals surface area contributed by atoms with E-state index in [1.54, 1.807) is 0 Å². The van der Waals surface area contributed by atoms with Gasteiger partial charge in [0.2, 0.25) is 0 Å². The van der Waals surface area contributed by atoms with Crippen molar-refractivity contribution >= 4 is 5.78 Å². The molecule has 1 heteroatoms. The van der Waals surface area contributed by atoms with Crippen LogP contribution in [0.25, 0.3) is 0 Å². The summed E-state index contributed by atoms with van der Waals surface area (Å²) in [4.78, 5) is 11.3. The number of ketones is 1. The fourth-order valence-corrected chi connectivity index (χ4v) is 1.72. The minimum Gasteiger partial charge on any atom is -0.299 e. The second-order valence-corrected chi connectivity index (χ2v) is 3.39. The number of hydrogen-bond acceptors (Lipinski definition) is 1. The molecule has 62 valence electrons. The molecule has 1 saturated carbocycles. The molecule has 0 bridgehead atoms. The minimum absolute atomic E-state index is 0.325. The molecule has 0 heterocycles. The summed E-state index contributed by atoms with van der Waals surface area (Å²) in [6, 6.07) is 0. The first kappa shape index (κ1) is 8.51. The van der Waals surface area contributed by atoms with E-state index in [2.05, 4.69) is 13.0 Å². The van der Waals surface area contributed by atoms with Crippen molar-refractivity contribution in [2.24, 2.45) is 11.8 Å². The topological polar surface area (TPSA) is 17.1 Å². The van der Waals surface area contributed by atoms with Gasteiger partial charge in [-0.15, -0.1) is 0 Å². The van der Waals surface area contributed by atoms with Crippen LogP contribution in [0, 0.1) is 11.8 Å². The molecule has 0 amide bonds. The highest BCUT2D eigenvalue weighted by atomic mass is 16.1. The fraction of sp³-hybridized carbons (Fsp3) is 0.700. The minimum atomic E-state index is 0.325. The Balaban J connectivity index is 2.47. The van der Waals surface area contributed by atoms with Gasteiger partial charge in [-0.25, -0.2) is 0 Å². The maximum absolute atomic E-state index is 11.3. The smallest absolute Gasteiger partial charge is 0.136 e. The highest BCUT2D eigenvalue weighted by Gasteiger charge is 2.29. The Bertz CT molecular complexity index is 170. The fourth-order valence-electron chi connectivity index (χ4n) is 1.72. The molecule has 0 aliphatic heterocycles. The lowest BCUT2D eigenvalue weighted by atomic mass is 9.94. The predicted molar refractivity (Wildman–Crippen MR) is 46.3 cm³/mol. The van der Waals surface area contributed by atoms with E-state index in [4.69, 9.17) is 0 Å². The second-order valence-electron chi connectivity index (χ2n) is 3.39. The molecule has 1 aliphatic rings.